The fourth-order valence-corrected chi connectivity index (χ4v) is 4.00. The zero-order chi connectivity index (χ0) is 17.8. The highest BCUT2D eigenvalue weighted by Crippen LogP contribution is 2.26. The number of likely N-dealkylation sites (tertiary alicyclic amines) is 1. The van der Waals surface area contributed by atoms with Gasteiger partial charge in [-0.1, -0.05) is 30.3 Å². The van der Waals surface area contributed by atoms with Crippen LogP contribution in [0.4, 0.5) is 0 Å². The van der Waals surface area contributed by atoms with E-state index in [1.165, 1.54) is 11.8 Å². The lowest BCUT2D eigenvalue weighted by Gasteiger charge is -2.30. The third-order valence-corrected chi connectivity index (χ3v) is 5.80. The highest BCUT2D eigenvalue weighted by molar-refractivity contribution is 7.99. The Hall–Kier alpha value is -1.53. The Morgan fingerprint density at radius 3 is 2.56 bits per heavy atom. The van der Waals surface area contributed by atoms with Crippen molar-refractivity contribution in [1.82, 2.24) is 19.7 Å². The standard InChI is InChI=1S/C18H23ClN4OS/c1-3-23-17(14-4-6-15(19)7-5-14)20-21-18(23)25-12-16(24)22-10-8-13(2)9-11-22/h4-7,13H,3,8-12H2,1-2H3. The second-order valence-electron chi connectivity index (χ2n) is 6.41. The molecule has 0 radical (unpaired) electrons. The normalized spacial score (nSPS) is 15.6. The van der Waals surface area contributed by atoms with Crippen LogP contribution in [-0.2, 0) is 11.3 Å². The third kappa shape index (κ3) is 4.36. The van der Waals surface area contributed by atoms with Crippen LogP contribution in [0.3, 0.4) is 0 Å². The smallest absolute Gasteiger partial charge is 0.233 e. The molecule has 134 valence electrons. The maximum atomic E-state index is 12.4. The van der Waals surface area contributed by atoms with Gasteiger partial charge in [-0.2, -0.15) is 0 Å². The van der Waals surface area contributed by atoms with Crippen LogP contribution >= 0.6 is 23.4 Å². The maximum absolute atomic E-state index is 12.4. The first-order chi connectivity index (χ1) is 12.1. The van der Waals surface area contributed by atoms with Crippen molar-refractivity contribution in [2.24, 2.45) is 5.92 Å². The van der Waals surface area contributed by atoms with Crippen molar-refractivity contribution in [1.29, 1.82) is 0 Å². The van der Waals surface area contributed by atoms with Crippen molar-refractivity contribution >= 4 is 29.3 Å². The van der Waals surface area contributed by atoms with Gasteiger partial charge in [-0.15, -0.1) is 10.2 Å². The van der Waals surface area contributed by atoms with Crippen LogP contribution in [0, 0.1) is 5.92 Å². The Kier molecular flexibility index (Phi) is 6.02. The van der Waals surface area contributed by atoms with E-state index in [-0.39, 0.29) is 5.91 Å². The van der Waals surface area contributed by atoms with Gasteiger partial charge >= 0.3 is 0 Å². The minimum absolute atomic E-state index is 0.190. The molecule has 3 rings (SSSR count). The quantitative estimate of drug-likeness (QED) is 0.738. The van der Waals surface area contributed by atoms with Crippen molar-refractivity contribution in [2.75, 3.05) is 18.8 Å². The van der Waals surface area contributed by atoms with Gasteiger partial charge < -0.3 is 9.47 Å². The summed E-state index contributed by atoms with van der Waals surface area (Å²) in [6.45, 7) is 6.80. The lowest BCUT2D eigenvalue weighted by molar-refractivity contribution is -0.129. The number of carbonyl (C=O) groups is 1. The summed E-state index contributed by atoms with van der Waals surface area (Å²) < 4.78 is 2.04. The molecule has 0 spiro atoms. The molecular formula is C18H23ClN4OS. The van der Waals surface area contributed by atoms with E-state index in [4.69, 9.17) is 11.6 Å². The van der Waals surface area contributed by atoms with E-state index < -0.39 is 0 Å². The van der Waals surface area contributed by atoms with Gasteiger partial charge in [-0.25, -0.2) is 0 Å². The predicted molar refractivity (Wildman–Crippen MR) is 102 cm³/mol. The lowest BCUT2D eigenvalue weighted by atomic mass is 9.99. The molecule has 0 atom stereocenters. The van der Waals surface area contributed by atoms with E-state index >= 15 is 0 Å². The van der Waals surface area contributed by atoms with Crippen LogP contribution in [-0.4, -0.2) is 44.4 Å². The number of hydrogen-bond donors (Lipinski definition) is 0. The van der Waals surface area contributed by atoms with E-state index in [1.807, 2.05) is 33.7 Å². The molecule has 0 unspecified atom stereocenters. The number of aromatic nitrogens is 3. The summed E-state index contributed by atoms with van der Waals surface area (Å²) in [5.41, 5.74) is 0.974. The van der Waals surface area contributed by atoms with Gasteiger partial charge in [0.1, 0.15) is 0 Å². The predicted octanol–water partition coefficient (Wildman–Crippen LogP) is 3.97. The molecule has 5 nitrogen and oxygen atoms in total. The van der Waals surface area contributed by atoms with Crippen LogP contribution < -0.4 is 0 Å². The number of thioether (sulfide) groups is 1. The van der Waals surface area contributed by atoms with E-state index in [9.17, 15) is 4.79 Å². The molecule has 0 bridgehead atoms. The zero-order valence-corrected chi connectivity index (χ0v) is 16.2. The molecule has 1 fully saturated rings. The molecular weight excluding hydrogens is 356 g/mol. The Morgan fingerprint density at radius 2 is 1.92 bits per heavy atom. The zero-order valence-electron chi connectivity index (χ0n) is 14.6. The molecule has 7 heteroatoms. The summed E-state index contributed by atoms with van der Waals surface area (Å²) in [4.78, 5) is 14.4. The summed E-state index contributed by atoms with van der Waals surface area (Å²) in [7, 11) is 0. The average molecular weight is 379 g/mol. The van der Waals surface area contributed by atoms with Crippen molar-refractivity contribution in [3.8, 4) is 11.4 Å². The first kappa shape index (κ1) is 18.3. The summed E-state index contributed by atoms with van der Waals surface area (Å²) in [5, 5.41) is 10.1. The molecule has 2 aromatic rings. The van der Waals surface area contributed by atoms with Gasteiger partial charge in [-0.3, -0.25) is 4.79 Å². The molecule has 1 amide bonds. The monoisotopic (exact) mass is 378 g/mol. The second-order valence-corrected chi connectivity index (χ2v) is 7.79. The van der Waals surface area contributed by atoms with Crippen LogP contribution in [0.1, 0.15) is 26.7 Å². The molecule has 1 aliphatic heterocycles. The van der Waals surface area contributed by atoms with Crippen LogP contribution in [0.2, 0.25) is 5.02 Å². The molecule has 25 heavy (non-hydrogen) atoms. The average Bonchev–Trinajstić information content (AvgIpc) is 3.04. The molecule has 1 aromatic carbocycles. The van der Waals surface area contributed by atoms with Gasteiger partial charge in [0.15, 0.2) is 11.0 Å². The van der Waals surface area contributed by atoms with E-state index in [0.717, 1.165) is 54.9 Å². The number of hydrogen-bond acceptors (Lipinski definition) is 4. The largest absolute Gasteiger partial charge is 0.342 e. The number of amides is 1. The minimum Gasteiger partial charge on any atom is -0.342 e. The number of nitrogens with zero attached hydrogens (tertiary/aromatic N) is 4. The summed E-state index contributed by atoms with van der Waals surface area (Å²) in [6.07, 6.45) is 2.20. The summed E-state index contributed by atoms with van der Waals surface area (Å²) >= 11 is 7.42. The van der Waals surface area contributed by atoms with E-state index in [0.29, 0.717) is 10.8 Å². The molecule has 1 aromatic heterocycles. The van der Waals surface area contributed by atoms with Gasteiger partial charge in [0.05, 0.1) is 5.75 Å². The van der Waals surface area contributed by atoms with Gasteiger partial charge in [-0.05, 0) is 49.9 Å². The van der Waals surface area contributed by atoms with Crippen molar-refractivity contribution in [3.63, 3.8) is 0 Å². The Morgan fingerprint density at radius 1 is 1.24 bits per heavy atom. The number of piperidine rings is 1. The molecule has 0 saturated carbocycles. The number of rotatable bonds is 5. The van der Waals surface area contributed by atoms with Crippen molar-refractivity contribution < 1.29 is 4.79 Å². The highest BCUT2D eigenvalue weighted by Gasteiger charge is 2.21. The number of benzene rings is 1. The Bertz CT molecular complexity index is 723. The minimum atomic E-state index is 0.190. The number of carbonyl (C=O) groups excluding carboxylic acids is 1. The summed E-state index contributed by atoms with van der Waals surface area (Å²) in [6, 6.07) is 7.57. The topological polar surface area (TPSA) is 51.0 Å². The first-order valence-electron chi connectivity index (χ1n) is 8.68. The Labute approximate surface area is 157 Å². The Balaban J connectivity index is 1.67. The molecule has 2 heterocycles. The first-order valence-corrected chi connectivity index (χ1v) is 10.0. The van der Waals surface area contributed by atoms with Crippen molar-refractivity contribution in [2.45, 2.75) is 38.4 Å². The van der Waals surface area contributed by atoms with Crippen LogP contribution in [0.25, 0.3) is 11.4 Å². The molecule has 0 N–H and O–H groups in total. The van der Waals surface area contributed by atoms with E-state index in [1.54, 1.807) is 0 Å². The highest BCUT2D eigenvalue weighted by atomic mass is 35.5. The van der Waals surface area contributed by atoms with Gasteiger partial charge in [0.2, 0.25) is 5.91 Å². The molecule has 1 saturated heterocycles. The fraction of sp³-hybridized carbons (Fsp3) is 0.500. The molecule has 1 aliphatic rings. The van der Waals surface area contributed by atoms with E-state index in [2.05, 4.69) is 24.0 Å². The van der Waals surface area contributed by atoms with Crippen LogP contribution in [0.15, 0.2) is 29.4 Å². The van der Waals surface area contributed by atoms with Crippen LogP contribution in [0.5, 0.6) is 0 Å². The molecule has 0 aliphatic carbocycles. The summed E-state index contributed by atoms with van der Waals surface area (Å²) in [5.74, 6) is 2.13. The lowest BCUT2D eigenvalue weighted by Crippen LogP contribution is -2.38. The van der Waals surface area contributed by atoms with Gasteiger partial charge in [0, 0.05) is 30.2 Å². The second kappa shape index (κ2) is 8.23. The number of halogens is 1. The maximum Gasteiger partial charge on any atom is 0.233 e. The SMILES string of the molecule is CCn1c(SCC(=O)N2CCC(C)CC2)nnc1-c1ccc(Cl)cc1. The third-order valence-electron chi connectivity index (χ3n) is 4.60. The fourth-order valence-electron chi connectivity index (χ4n) is 2.97. The van der Waals surface area contributed by atoms with Gasteiger partial charge in [0.25, 0.3) is 0 Å². The van der Waals surface area contributed by atoms with Crippen molar-refractivity contribution in [3.05, 3.63) is 29.3 Å².